The largest absolute Gasteiger partial charge is 0.355 e. The number of Topliss-reactive ketones (excluding diaryl/α,β-unsaturated/α-hetero) is 1. The van der Waals surface area contributed by atoms with Gasteiger partial charge in [0.25, 0.3) is 0 Å². The Hall–Kier alpha value is -1.55. The van der Waals surface area contributed by atoms with Gasteiger partial charge >= 0.3 is 0 Å². The van der Waals surface area contributed by atoms with E-state index in [9.17, 15) is 15.0 Å². The summed E-state index contributed by atoms with van der Waals surface area (Å²) in [5, 5.41) is 19.5. The van der Waals surface area contributed by atoms with Crippen LogP contribution < -0.4 is 0 Å². The minimum absolute atomic E-state index is 0.201. The van der Waals surface area contributed by atoms with Crippen LogP contribution in [0.15, 0.2) is 12.2 Å². The van der Waals surface area contributed by atoms with E-state index in [2.05, 4.69) is 23.7 Å². The highest BCUT2D eigenvalue weighted by molar-refractivity contribution is 5.88. The average Bonchev–Trinajstić information content (AvgIpc) is 2.23. The summed E-state index contributed by atoms with van der Waals surface area (Å²) in [4.78, 5) is 11.9. The topological polar surface area (TPSA) is 57.5 Å². The summed E-state index contributed by atoms with van der Waals surface area (Å²) in [6.45, 7) is 0. The van der Waals surface area contributed by atoms with Crippen molar-refractivity contribution in [2.45, 2.75) is 25.0 Å². The van der Waals surface area contributed by atoms with Crippen LogP contribution in [0.2, 0.25) is 0 Å². The van der Waals surface area contributed by atoms with E-state index in [1.54, 1.807) is 0 Å². The molecule has 0 radical (unpaired) electrons. The van der Waals surface area contributed by atoms with E-state index in [-0.39, 0.29) is 11.7 Å². The predicted molar refractivity (Wildman–Crippen MR) is 57.7 cm³/mol. The first-order valence-corrected chi connectivity index (χ1v) is 5.28. The first-order chi connectivity index (χ1) is 7.61. The number of hydrogen-bond acceptors (Lipinski definition) is 3. The van der Waals surface area contributed by atoms with Crippen molar-refractivity contribution in [2.24, 2.45) is 11.8 Å². The van der Waals surface area contributed by atoms with Crippen molar-refractivity contribution < 1.29 is 15.0 Å². The number of hydrogen-bond donors (Lipinski definition) is 2. The van der Waals surface area contributed by atoms with Crippen molar-refractivity contribution in [3.63, 3.8) is 0 Å². The Morgan fingerprint density at radius 1 is 1.25 bits per heavy atom. The smallest absolute Gasteiger partial charge is 0.238 e. The number of carbonyl (C=O) groups is 1. The highest BCUT2D eigenvalue weighted by atomic mass is 16.5. The van der Waals surface area contributed by atoms with Gasteiger partial charge in [-0.25, -0.2) is 0 Å². The fourth-order valence-corrected chi connectivity index (χ4v) is 2.06. The van der Waals surface area contributed by atoms with E-state index in [0.717, 1.165) is 6.42 Å². The van der Waals surface area contributed by atoms with Gasteiger partial charge in [-0.05, 0) is 30.9 Å². The van der Waals surface area contributed by atoms with E-state index in [0.29, 0.717) is 12.8 Å². The Bertz CT molecular complexity index is 451. The standard InChI is InChI=1S/C13H12O3/c14-12-10-6-3-1-2-4-9-13(15,16)11(12)8-5-7-10/h1-2,10-11,15-16H,5,7-8H2. The molecule has 2 atom stereocenters. The van der Waals surface area contributed by atoms with E-state index in [4.69, 9.17) is 0 Å². The van der Waals surface area contributed by atoms with Gasteiger partial charge in [-0.2, -0.15) is 0 Å². The molecule has 0 amide bonds. The lowest BCUT2D eigenvalue weighted by atomic mass is 9.76. The Kier molecular flexibility index (Phi) is 2.83. The molecule has 1 saturated carbocycles. The summed E-state index contributed by atoms with van der Waals surface area (Å²) in [6.07, 6.45) is 4.90. The molecule has 2 aliphatic rings. The molecule has 2 N–H and O–H groups in total. The van der Waals surface area contributed by atoms with Gasteiger partial charge in [0.2, 0.25) is 5.79 Å². The number of allylic oxidation sites excluding steroid dienone is 2. The zero-order valence-corrected chi connectivity index (χ0v) is 8.73. The lowest BCUT2D eigenvalue weighted by Gasteiger charge is -2.31. The molecule has 2 bridgehead atoms. The SMILES string of the molecule is O=C1C2C#CC=CC#CC(O)(O)C1CCC2. The lowest BCUT2D eigenvalue weighted by molar-refractivity contribution is -0.171. The molecule has 0 aliphatic heterocycles. The fraction of sp³-hybridized carbons (Fsp3) is 0.462. The molecule has 2 aliphatic carbocycles. The van der Waals surface area contributed by atoms with Crippen LogP contribution >= 0.6 is 0 Å². The van der Waals surface area contributed by atoms with Gasteiger partial charge in [-0.15, -0.1) is 0 Å². The molecule has 1 fully saturated rings. The summed E-state index contributed by atoms with van der Waals surface area (Å²) in [5.74, 6) is 6.72. The Morgan fingerprint density at radius 2 is 2.00 bits per heavy atom. The van der Waals surface area contributed by atoms with Gasteiger partial charge in [0, 0.05) is 0 Å². The van der Waals surface area contributed by atoms with Crippen LogP contribution in [0.5, 0.6) is 0 Å². The van der Waals surface area contributed by atoms with Gasteiger partial charge in [0.15, 0.2) is 5.78 Å². The molecule has 2 unspecified atom stereocenters. The zero-order valence-electron chi connectivity index (χ0n) is 8.73. The highest BCUT2D eigenvalue weighted by Gasteiger charge is 2.43. The van der Waals surface area contributed by atoms with Gasteiger partial charge in [-0.1, -0.05) is 24.2 Å². The van der Waals surface area contributed by atoms with Gasteiger partial charge in [0.05, 0.1) is 11.8 Å². The molecule has 3 heteroatoms. The van der Waals surface area contributed by atoms with Crippen molar-refractivity contribution in [3.8, 4) is 23.7 Å². The van der Waals surface area contributed by atoms with E-state index < -0.39 is 11.7 Å². The average molecular weight is 216 g/mol. The normalized spacial score (nSPS) is 30.8. The molecule has 0 aromatic rings. The van der Waals surface area contributed by atoms with Crippen LogP contribution in [0.4, 0.5) is 0 Å². The Balaban J connectivity index is 2.43. The fourth-order valence-electron chi connectivity index (χ4n) is 2.06. The van der Waals surface area contributed by atoms with Crippen LogP contribution in [-0.4, -0.2) is 21.8 Å². The molecule has 82 valence electrons. The maximum absolute atomic E-state index is 11.9. The van der Waals surface area contributed by atoms with E-state index >= 15 is 0 Å². The number of ketones is 1. The van der Waals surface area contributed by atoms with E-state index in [1.165, 1.54) is 12.2 Å². The molecular formula is C13H12O3. The highest BCUT2D eigenvalue weighted by Crippen LogP contribution is 2.31. The zero-order chi connectivity index (χ0) is 11.6. The molecule has 0 spiro atoms. The van der Waals surface area contributed by atoms with Gasteiger partial charge < -0.3 is 10.2 Å². The number of aliphatic hydroxyl groups is 2. The second kappa shape index (κ2) is 4.14. The molecule has 16 heavy (non-hydrogen) atoms. The van der Waals surface area contributed by atoms with Gasteiger partial charge in [-0.3, -0.25) is 4.79 Å². The first-order valence-electron chi connectivity index (χ1n) is 5.28. The predicted octanol–water partition coefficient (Wildman–Crippen LogP) is 0.229. The first kappa shape index (κ1) is 11.0. The number of carbonyl (C=O) groups excluding carboxylic acids is 1. The van der Waals surface area contributed by atoms with E-state index in [1.807, 2.05) is 0 Å². The third-order valence-electron chi connectivity index (χ3n) is 2.92. The molecule has 0 aromatic carbocycles. The summed E-state index contributed by atoms with van der Waals surface area (Å²) in [5.41, 5.74) is 0. The second-order valence-electron chi connectivity index (χ2n) is 4.06. The maximum Gasteiger partial charge on any atom is 0.238 e. The maximum atomic E-state index is 11.9. The molecule has 2 rings (SSSR count). The molecule has 0 saturated heterocycles. The second-order valence-corrected chi connectivity index (χ2v) is 4.06. The molecule has 3 nitrogen and oxygen atoms in total. The van der Waals surface area contributed by atoms with Crippen molar-refractivity contribution in [1.82, 2.24) is 0 Å². The van der Waals surface area contributed by atoms with Crippen molar-refractivity contribution in [2.75, 3.05) is 0 Å². The lowest BCUT2D eigenvalue weighted by Crippen LogP contribution is -2.45. The summed E-state index contributed by atoms with van der Waals surface area (Å²) >= 11 is 0. The Labute approximate surface area is 94.2 Å². The molecular weight excluding hydrogens is 204 g/mol. The Morgan fingerprint density at radius 3 is 2.81 bits per heavy atom. The summed E-state index contributed by atoms with van der Waals surface area (Å²) in [6, 6.07) is 0. The van der Waals surface area contributed by atoms with Crippen LogP contribution in [0.25, 0.3) is 0 Å². The van der Waals surface area contributed by atoms with Crippen LogP contribution in [0.3, 0.4) is 0 Å². The minimum atomic E-state index is -2.22. The van der Waals surface area contributed by atoms with Crippen molar-refractivity contribution in [1.29, 1.82) is 0 Å². The van der Waals surface area contributed by atoms with Gasteiger partial charge in [0.1, 0.15) is 0 Å². The number of rotatable bonds is 0. The summed E-state index contributed by atoms with van der Waals surface area (Å²) < 4.78 is 0. The van der Waals surface area contributed by atoms with Crippen molar-refractivity contribution in [3.05, 3.63) is 12.2 Å². The monoisotopic (exact) mass is 216 g/mol. The summed E-state index contributed by atoms with van der Waals surface area (Å²) in [7, 11) is 0. The van der Waals surface area contributed by atoms with Crippen LogP contribution in [-0.2, 0) is 4.79 Å². The van der Waals surface area contributed by atoms with Crippen LogP contribution in [0.1, 0.15) is 19.3 Å². The third kappa shape index (κ3) is 2.02. The quantitative estimate of drug-likeness (QED) is 0.450. The van der Waals surface area contributed by atoms with Crippen LogP contribution in [0, 0.1) is 35.5 Å². The van der Waals surface area contributed by atoms with Crippen molar-refractivity contribution >= 4 is 5.78 Å². The third-order valence-corrected chi connectivity index (χ3v) is 2.92. The number of fused-ring (bicyclic) bond motifs is 2. The minimum Gasteiger partial charge on any atom is -0.355 e. The molecule has 0 heterocycles. The molecule has 0 aromatic heterocycles.